The Hall–Kier alpha value is -0.790. The van der Waals surface area contributed by atoms with Gasteiger partial charge in [0.05, 0.1) is 13.1 Å². The van der Waals surface area contributed by atoms with E-state index < -0.39 is 0 Å². The molecular formula is C42H83N2+. The Bertz CT molecular complexity index is 677. The average Bonchev–Trinajstić information content (AvgIpc) is 3.42. The summed E-state index contributed by atoms with van der Waals surface area (Å²) < 4.78 is 5.28. The maximum atomic E-state index is 2.64. The Morgan fingerprint density at radius 1 is 0.386 bits per heavy atom. The third-order valence-corrected chi connectivity index (χ3v) is 10.1. The summed E-state index contributed by atoms with van der Waals surface area (Å²) in [5.41, 5.74) is 0. The lowest BCUT2D eigenvalue weighted by Gasteiger charge is -2.07. The molecule has 0 amide bonds. The van der Waals surface area contributed by atoms with Crippen LogP contribution < -0.4 is 4.57 Å². The van der Waals surface area contributed by atoms with Gasteiger partial charge in [0.2, 0.25) is 0 Å². The first-order valence-corrected chi connectivity index (χ1v) is 20.9. The first kappa shape index (κ1) is 41.2. The molecule has 1 aromatic rings. The number of imidazole rings is 1. The summed E-state index contributed by atoms with van der Waals surface area (Å²) in [7, 11) is 0. The van der Waals surface area contributed by atoms with E-state index in [0.29, 0.717) is 0 Å². The third kappa shape index (κ3) is 25.4. The second kappa shape index (κ2) is 33.6. The van der Waals surface area contributed by atoms with Gasteiger partial charge in [-0.1, -0.05) is 201 Å². The Balaban J connectivity index is 2.29. The molecule has 260 valence electrons. The summed E-state index contributed by atoms with van der Waals surface area (Å²) in [6.45, 7) is 9.41. The molecule has 2 heteroatoms. The lowest BCUT2D eigenvalue weighted by atomic mass is 10.0. The molecule has 0 N–H and O–H groups in total. The molecule has 0 radical (unpaired) electrons. The van der Waals surface area contributed by atoms with Crippen molar-refractivity contribution in [2.75, 3.05) is 0 Å². The number of aryl methyl sites for hydroxylation is 2. The van der Waals surface area contributed by atoms with Gasteiger partial charge in [0.15, 0.2) is 0 Å². The normalized spacial score (nSPS) is 11.6. The molecular weight excluding hydrogens is 532 g/mol. The molecule has 0 saturated heterocycles. The molecule has 1 heterocycles. The van der Waals surface area contributed by atoms with E-state index in [1.54, 1.807) is 5.82 Å². The summed E-state index contributed by atoms with van der Waals surface area (Å²) in [5.74, 6) is 1.62. The van der Waals surface area contributed by atoms with Crippen LogP contribution in [0.25, 0.3) is 0 Å². The highest BCUT2D eigenvalue weighted by atomic mass is 15.1. The van der Waals surface area contributed by atoms with Crippen molar-refractivity contribution in [2.45, 2.75) is 252 Å². The standard InChI is InChI=1S/C42H83N2/c1-4-7-10-13-16-19-21-22-24-27-30-33-36-39-44-41-40-43(38-35-32-29-26-18-15-12-9-6-3)42(44)37-34-31-28-25-23-20-17-14-11-8-5-2/h40-41H,4-39H2,1-3H3/q+1. The van der Waals surface area contributed by atoms with Crippen LogP contribution in [0.5, 0.6) is 0 Å². The number of hydrogen-bond acceptors (Lipinski definition) is 0. The predicted molar refractivity (Wildman–Crippen MR) is 198 cm³/mol. The van der Waals surface area contributed by atoms with Crippen molar-refractivity contribution in [1.29, 1.82) is 0 Å². The molecule has 0 saturated carbocycles. The highest BCUT2D eigenvalue weighted by molar-refractivity contribution is 4.84. The molecule has 0 aliphatic rings. The fraction of sp³-hybridized carbons (Fsp3) is 0.929. The summed E-state index contributed by atoms with van der Waals surface area (Å²) in [6.07, 6.45) is 53.4. The van der Waals surface area contributed by atoms with E-state index in [2.05, 4.69) is 42.3 Å². The second-order valence-electron chi connectivity index (χ2n) is 14.5. The van der Waals surface area contributed by atoms with Gasteiger partial charge in [0.1, 0.15) is 12.4 Å². The Kier molecular flexibility index (Phi) is 31.5. The van der Waals surface area contributed by atoms with E-state index in [0.717, 1.165) is 0 Å². The van der Waals surface area contributed by atoms with Crippen LogP contribution in [0.4, 0.5) is 0 Å². The molecule has 2 nitrogen and oxygen atoms in total. The monoisotopic (exact) mass is 616 g/mol. The van der Waals surface area contributed by atoms with E-state index in [9.17, 15) is 0 Å². The topological polar surface area (TPSA) is 8.81 Å². The minimum absolute atomic E-state index is 1.23. The van der Waals surface area contributed by atoms with Crippen LogP contribution in [0.3, 0.4) is 0 Å². The first-order valence-electron chi connectivity index (χ1n) is 20.9. The summed E-state index contributed by atoms with van der Waals surface area (Å²) in [4.78, 5) is 0. The molecule has 0 aliphatic heterocycles. The second-order valence-corrected chi connectivity index (χ2v) is 14.5. The molecule has 1 rings (SSSR count). The minimum Gasteiger partial charge on any atom is -0.234 e. The van der Waals surface area contributed by atoms with Gasteiger partial charge in [0.25, 0.3) is 5.82 Å². The number of rotatable bonds is 36. The van der Waals surface area contributed by atoms with Gasteiger partial charge < -0.3 is 0 Å². The van der Waals surface area contributed by atoms with Crippen LogP contribution in [0.1, 0.15) is 238 Å². The lowest BCUT2D eigenvalue weighted by Crippen LogP contribution is -2.37. The predicted octanol–water partition coefficient (Wildman–Crippen LogP) is 14.3. The van der Waals surface area contributed by atoms with E-state index in [4.69, 9.17) is 0 Å². The van der Waals surface area contributed by atoms with Gasteiger partial charge in [-0.15, -0.1) is 0 Å². The maximum Gasteiger partial charge on any atom is 0.256 e. The zero-order valence-corrected chi connectivity index (χ0v) is 31.0. The molecule has 1 aromatic heterocycles. The van der Waals surface area contributed by atoms with E-state index in [1.807, 2.05) is 0 Å². The van der Waals surface area contributed by atoms with Crippen LogP contribution in [0.2, 0.25) is 0 Å². The zero-order chi connectivity index (χ0) is 31.6. The molecule has 44 heavy (non-hydrogen) atoms. The van der Waals surface area contributed by atoms with Crippen molar-refractivity contribution in [2.24, 2.45) is 0 Å². The SMILES string of the molecule is CCCCCCCCCCCCCCCn1cc[n+](CCCCCCCCCCC)c1CCCCCCCCCCCCC. The van der Waals surface area contributed by atoms with Crippen LogP contribution in [0.15, 0.2) is 12.4 Å². The van der Waals surface area contributed by atoms with Crippen LogP contribution >= 0.6 is 0 Å². The van der Waals surface area contributed by atoms with Crippen molar-refractivity contribution in [1.82, 2.24) is 4.57 Å². The van der Waals surface area contributed by atoms with E-state index in [1.165, 1.54) is 231 Å². The highest BCUT2D eigenvalue weighted by Gasteiger charge is 2.16. The molecule has 0 fully saturated rings. The van der Waals surface area contributed by atoms with Crippen LogP contribution in [0, 0.1) is 0 Å². The highest BCUT2D eigenvalue weighted by Crippen LogP contribution is 2.15. The van der Waals surface area contributed by atoms with Crippen molar-refractivity contribution in [3.05, 3.63) is 18.2 Å². The van der Waals surface area contributed by atoms with Crippen molar-refractivity contribution < 1.29 is 4.57 Å². The summed E-state index contributed by atoms with van der Waals surface area (Å²) in [6, 6.07) is 0. The summed E-state index contributed by atoms with van der Waals surface area (Å²) >= 11 is 0. The van der Waals surface area contributed by atoms with Crippen molar-refractivity contribution >= 4 is 0 Å². The van der Waals surface area contributed by atoms with Crippen molar-refractivity contribution in [3.8, 4) is 0 Å². The largest absolute Gasteiger partial charge is 0.256 e. The Morgan fingerprint density at radius 2 is 0.705 bits per heavy atom. The van der Waals surface area contributed by atoms with Crippen LogP contribution in [-0.4, -0.2) is 4.57 Å². The third-order valence-electron chi connectivity index (χ3n) is 10.1. The van der Waals surface area contributed by atoms with Crippen molar-refractivity contribution in [3.63, 3.8) is 0 Å². The average molecular weight is 616 g/mol. The first-order chi connectivity index (χ1) is 21.8. The molecule has 0 bridgehead atoms. The number of aromatic nitrogens is 2. The fourth-order valence-corrected chi connectivity index (χ4v) is 7.03. The molecule has 0 atom stereocenters. The quantitative estimate of drug-likeness (QED) is 0.0524. The molecule has 0 aliphatic carbocycles. The molecule has 0 spiro atoms. The smallest absolute Gasteiger partial charge is 0.234 e. The number of nitrogens with zero attached hydrogens (tertiary/aromatic N) is 2. The van der Waals surface area contributed by atoms with E-state index in [-0.39, 0.29) is 0 Å². The zero-order valence-electron chi connectivity index (χ0n) is 31.0. The molecule has 0 unspecified atom stereocenters. The number of hydrogen-bond donors (Lipinski definition) is 0. The van der Waals surface area contributed by atoms with Gasteiger partial charge in [-0.05, 0) is 32.1 Å². The van der Waals surface area contributed by atoms with Gasteiger partial charge in [-0.3, -0.25) is 0 Å². The van der Waals surface area contributed by atoms with Gasteiger partial charge in [0, 0.05) is 6.42 Å². The van der Waals surface area contributed by atoms with Gasteiger partial charge in [-0.2, -0.15) is 0 Å². The Labute approximate surface area is 279 Å². The van der Waals surface area contributed by atoms with E-state index >= 15 is 0 Å². The number of unbranched alkanes of at least 4 members (excludes halogenated alkanes) is 30. The molecule has 0 aromatic carbocycles. The maximum absolute atomic E-state index is 2.64. The van der Waals surface area contributed by atoms with Gasteiger partial charge >= 0.3 is 0 Å². The van der Waals surface area contributed by atoms with Gasteiger partial charge in [-0.25, -0.2) is 9.13 Å². The summed E-state index contributed by atoms with van der Waals surface area (Å²) in [5, 5.41) is 0. The fourth-order valence-electron chi connectivity index (χ4n) is 7.03. The van der Waals surface area contributed by atoms with Crippen LogP contribution in [-0.2, 0) is 19.5 Å². The lowest BCUT2D eigenvalue weighted by molar-refractivity contribution is -0.704. The minimum atomic E-state index is 1.23. The Morgan fingerprint density at radius 3 is 1.09 bits per heavy atom.